The molecule has 1 heterocycles. The first kappa shape index (κ1) is 16.5. The van der Waals surface area contributed by atoms with Gasteiger partial charge < -0.3 is 5.32 Å². The highest BCUT2D eigenvalue weighted by Crippen LogP contribution is 2.30. The Morgan fingerprint density at radius 3 is 2.43 bits per heavy atom. The Labute approximate surface area is 130 Å². The number of piperidine rings is 1. The summed E-state index contributed by atoms with van der Waals surface area (Å²) in [6.07, 6.45) is 3.87. The van der Waals surface area contributed by atoms with Gasteiger partial charge in [-0.1, -0.05) is 24.6 Å². The molecule has 0 spiro atoms. The number of nitrogens with one attached hydrogen (secondary N) is 1. The third-order valence-electron chi connectivity index (χ3n) is 4.87. The Morgan fingerprint density at radius 2 is 1.90 bits per heavy atom. The lowest BCUT2D eigenvalue weighted by Crippen LogP contribution is -2.47. The molecule has 0 amide bonds. The van der Waals surface area contributed by atoms with E-state index in [2.05, 4.69) is 57.0 Å². The fourth-order valence-electron chi connectivity index (χ4n) is 4.08. The van der Waals surface area contributed by atoms with Gasteiger partial charge in [0.15, 0.2) is 0 Å². The average Bonchev–Trinajstić information content (AvgIpc) is 2.44. The molecule has 0 saturated carbocycles. The Hall–Kier alpha value is -0.860. The molecule has 1 aliphatic heterocycles. The van der Waals surface area contributed by atoms with Crippen molar-refractivity contribution in [2.24, 2.45) is 0 Å². The van der Waals surface area contributed by atoms with Crippen LogP contribution in [0.1, 0.15) is 61.4 Å². The van der Waals surface area contributed by atoms with Crippen molar-refractivity contribution in [3.8, 4) is 0 Å². The van der Waals surface area contributed by atoms with E-state index >= 15 is 0 Å². The molecule has 1 N–H and O–H groups in total. The number of hydrogen-bond donors (Lipinski definition) is 1. The van der Waals surface area contributed by atoms with Crippen LogP contribution in [0.4, 0.5) is 0 Å². The lowest BCUT2D eigenvalue weighted by Gasteiger charge is -2.40. The van der Waals surface area contributed by atoms with Gasteiger partial charge in [0.05, 0.1) is 0 Å². The summed E-state index contributed by atoms with van der Waals surface area (Å²) in [6, 6.07) is 5.87. The number of aryl methyl sites for hydroxylation is 3. The van der Waals surface area contributed by atoms with Crippen LogP contribution in [0.25, 0.3) is 0 Å². The van der Waals surface area contributed by atoms with Crippen LogP contribution in [0.2, 0.25) is 0 Å². The Morgan fingerprint density at radius 1 is 1.24 bits per heavy atom. The maximum absolute atomic E-state index is 3.58. The van der Waals surface area contributed by atoms with Crippen molar-refractivity contribution in [1.29, 1.82) is 0 Å². The molecule has 0 aromatic heterocycles. The van der Waals surface area contributed by atoms with Crippen molar-refractivity contribution >= 4 is 0 Å². The van der Waals surface area contributed by atoms with E-state index in [1.807, 2.05) is 0 Å². The van der Waals surface area contributed by atoms with Crippen molar-refractivity contribution in [3.63, 3.8) is 0 Å². The van der Waals surface area contributed by atoms with Crippen LogP contribution in [-0.4, -0.2) is 30.6 Å². The molecular formula is C19H32N2. The predicted molar refractivity (Wildman–Crippen MR) is 92.0 cm³/mol. The molecule has 1 aromatic carbocycles. The van der Waals surface area contributed by atoms with E-state index in [4.69, 9.17) is 0 Å². The van der Waals surface area contributed by atoms with E-state index in [1.54, 1.807) is 5.56 Å². The second-order valence-corrected chi connectivity index (χ2v) is 6.73. The van der Waals surface area contributed by atoms with E-state index in [9.17, 15) is 0 Å². The highest BCUT2D eigenvalue weighted by atomic mass is 15.2. The summed E-state index contributed by atoms with van der Waals surface area (Å²) in [7, 11) is 0. The van der Waals surface area contributed by atoms with Gasteiger partial charge in [0, 0.05) is 18.6 Å². The van der Waals surface area contributed by atoms with Crippen LogP contribution < -0.4 is 5.32 Å². The van der Waals surface area contributed by atoms with Crippen LogP contribution in [0, 0.1) is 20.8 Å². The van der Waals surface area contributed by atoms with Gasteiger partial charge in [-0.05, 0) is 76.7 Å². The molecule has 1 saturated heterocycles. The van der Waals surface area contributed by atoms with E-state index in [-0.39, 0.29) is 0 Å². The summed E-state index contributed by atoms with van der Waals surface area (Å²) in [4.78, 5) is 2.73. The van der Waals surface area contributed by atoms with Crippen molar-refractivity contribution in [2.75, 3.05) is 19.6 Å². The van der Waals surface area contributed by atoms with Gasteiger partial charge in [0.25, 0.3) is 0 Å². The van der Waals surface area contributed by atoms with Crippen LogP contribution in [0.3, 0.4) is 0 Å². The summed E-state index contributed by atoms with van der Waals surface area (Å²) in [5.74, 6) is 0. The molecule has 118 valence electrons. The van der Waals surface area contributed by atoms with Gasteiger partial charge in [-0.3, -0.25) is 4.90 Å². The average molecular weight is 288 g/mol. The molecular weight excluding hydrogens is 256 g/mol. The highest BCUT2D eigenvalue weighted by molar-refractivity contribution is 5.39. The van der Waals surface area contributed by atoms with E-state index in [0.717, 1.165) is 6.54 Å². The largest absolute Gasteiger partial charge is 0.315 e. The Kier molecular flexibility index (Phi) is 5.83. The van der Waals surface area contributed by atoms with Gasteiger partial charge in [0.1, 0.15) is 0 Å². The Balaban J connectivity index is 2.27. The van der Waals surface area contributed by atoms with Gasteiger partial charge in [-0.2, -0.15) is 0 Å². The van der Waals surface area contributed by atoms with E-state index in [0.29, 0.717) is 12.1 Å². The molecule has 0 aliphatic carbocycles. The summed E-state index contributed by atoms with van der Waals surface area (Å²) >= 11 is 0. The first-order valence-corrected chi connectivity index (χ1v) is 8.58. The molecule has 2 atom stereocenters. The molecule has 21 heavy (non-hydrogen) atoms. The molecule has 1 aliphatic rings. The van der Waals surface area contributed by atoms with Crippen molar-refractivity contribution < 1.29 is 0 Å². The molecule has 1 fully saturated rings. The molecule has 1 aromatic rings. The predicted octanol–water partition coefficient (Wildman–Crippen LogP) is 4.14. The standard InChI is InChI=1S/C19H32N2/c1-6-10-21(18-8-7-9-20-13-18)17(5)19-15(3)11-14(2)12-16(19)4/h11-12,17-18,20H,6-10,13H2,1-5H3. The summed E-state index contributed by atoms with van der Waals surface area (Å²) in [5.41, 5.74) is 5.82. The van der Waals surface area contributed by atoms with Crippen LogP contribution >= 0.6 is 0 Å². The Bertz CT molecular complexity index is 438. The summed E-state index contributed by atoms with van der Waals surface area (Å²) < 4.78 is 0. The van der Waals surface area contributed by atoms with Crippen molar-refractivity contribution in [1.82, 2.24) is 10.2 Å². The number of hydrogen-bond acceptors (Lipinski definition) is 2. The summed E-state index contributed by atoms with van der Waals surface area (Å²) in [6.45, 7) is 15.0. The second-order valence-electron chi connectivity index (χ2n) is 6.73. The van der Waals surface area contributed by atoms with Crippen molar-refractivity contribution in [3.05, 3.63) is 34.4 Å². The highest BCUT2D eigenvalue weighted by Gasteiger charge is 2.26. The minimum Gasteiger partial charge on any atom is -0.315 e. The number of rotatable bonds is 5. The topological polar surface area (TPSA) is 15.3 Å². The van der Waals surface area contributed by atoms with Gasteiger partial charge >= 0.3 is 0 Å². The first-order chi connectivity index (χ1) is 10.0. The lowest BCUT2D eigenvalue weighted by atomic mass is 9.92. The third kappa shape index (κ3) is 3.87. The maximum Gasteiger partial charge on any atom is 0.0328 e. The molecule has 2 unspecified atom stereocenters. The van der Waals surface area contributed by atoms with E-state index < -0.39 is 0 Å². The van der Waals surface area contributed by atoms with Gasteiger partial charge in [0.2, 0.25) is 0 Å². The van der Waals surface area contributed by atoms with E-state index in [1.165, 1.54) is 49.0 Å². The van der Waals surface area contributed by atoms with Crippen LogP contribution in [-0.2, 0) is 0 Å². The maximum atomic E-state index is 3.58. The molecule has 2 nitrogen and oxygen atoms in total. The zero-order valence-electron chi connectivity index (χ0n) is 14.5. The van der Waals surface area contributed by atoms with Gasteiger partial charge in [-0.25, -0.2) is 0 Å². The smallest absolute Gasteiger partial charge is 0.0328 e. The zero-order valence-corrected chi connectivity index (χ0v) is 14.5. The molecule has 2 rings (SSSR count). The zero-order chi connectivity index (χ0) is 15.4. The van der Waals surface area contributed by atoms with Crippen LogP contribution in [0.5, 0.6) is 0 Å². The second kappa shape index (κ2) is 7.42. The molecule has 2 heteroatoms. The molecule has 0 bridgehead atoms. The lowest BCUT2D eigenvalue weighted by molar-refractivity contribution is 0.120. The first-order valence-electron chi connectivity index (χ1n) is 8.58. The third-order valence-corrected chi connectivity index (χ3v) is 4.87. The quantitative estimate of drug-likeness (QED) is 0.876. The monoisotopic (exact) mass is 288 g/mol. The summed E-state index contributed by atoms with van der Waals surface area (Å²) in [5, 5.41) is 3.58. The fraction of sp³-hybridized carbons (Fsp3) is 0.684. The minimum atomic E-state index is 0.510. The number of nitrogens with zero attached hydrogens (tertiary/aromatic N) is 1. The molecule has 0 radical (unpaired) electrons. The SMILES string of the molecule is CCCN(C1CCCNC1)C(C)c1c(C)cc(C)cc1C. The minimum absolute atomic E-state index is 0.510. The van der Waals surface area contributed by atoms with Crippen molar-refractivity contribution in [2.45, 2.75) is 66.0 Å². The van der Waals surface area contributed by atoms with Gasteiger partial charge in [-0.15, -0.1) is 0 Å². The normalized spacial score (nSPS) is 20.8. The number of benzene rings is 1. The van der Waals surface area contributed by atoms with Crippen LogP contribution in [0.15, 0.2) is 12.1 Å². The fourth-order valence-corrected chi connectivity index (χ4v) is 4.08.